The molecule has 0 saturated heterocycles. The molecule has 0 aromatic rings. The number of rotatable bonds is 4. The highest BCUT2D eigenvalue weighted by molar-refractivity contribution is 5.82. The molecule has 2 heteroatoms. The van der Waals surface area contributed by atoms with E-state index in [0.29, 0.717) is 6.61 Å². The summed E-state index contributed by atoms with van der Waals surface area (Å²) in [5.41, 5.74) is 0. The third-order valence-electron chi connectivity index (χ3n) is 0.984. The zero-order chi connectivity index (χ0) is 8.53. The van der Waals surface area contributed by atoms with Crippen LogP contribution in [0, 0.1) is 0 Å². The fourth-order valence-corrected chi connectivity index (χ4v) is 0.496. The highest BCUT2D eigenvalue weighted by Crippen LogP contribution is 1.85. The van der Waals surface area contributed by atoms with Crippen LogP contribution < -0.4 is 0 Å². The maximum atomic E-state index is 10.7. The Morgan fingerprint density at radius 3 is 2.73 bits per heavy atom. The molecule has 0 N–H and O–H groups in total. The van der Waals surface area contributed by atoms with E-state index in [2.05, 4.69) is 0 Å². The van der Waals surface area contributed by atoms with Crippen LogP contribution in [-0.2, 0) is 9.53 Å². The van der Waals surface area contributed by atoms with Gasteiger partial charge >= 0.3 is 5.97 Å². The van der Waals surface area contributed by atoms with E-state index in [4.69, 9.17) is 4.74 Å². The highest BCUT2D eigenvalue weighted by atomic mass is 16.5. The minimum Gasteiger partial charge on any atom is -0.463 e. The summed E-state index contributed by atoms with van der Waals surface area (Å²) in [6, 6.07) is 0. The molecule has 0 radical (unpaired) electrons. The van der Waals surface area contributed by atoms with Crippen molar-refractivity contribution in [3.05, 3.63) is 24.3 Å². The number of hydrogen-bond donors (Lipinski definition) is 0. The topological polar surface area (TPSA) is 26.3 Å². The summed E-state index contributed by atoms with van der Waals surface area (Å²) in [6.07, 6.45) is 7.58. The Hall–Kier alpha value is -1.05. The first-order valence-electron chi connectivity index (χ1n) is 3.77. The molecule has 0 unspecified atom stereocenters. The van der Waals surface area contributed by atoms with Crippen molar-refractivity contribution in [2.75, 3.05) is 6.61 Å². The molecule has 0 aliphatic heterocycles. The van der Waals surface area contributed by atoms with Crippen LogP contribution in [0.15, 0.2) is 24.3 Å². The van der Waals surface area contributed by atoms with Crippen molar-refractivity contribution in [3.8, 4) is 0 Å². The van der Waals surface area contributed by atoms with Crippen LogP contribution in [0.5, 0.6) is 0 Å². The molecule has 0 aliphatic carbocycles. The number of ether oxygens (including phenoxy) is 1. The molecule has 62 valence electrons. The summed E-state index contributed by atoms with van der Waals surface area (Å²) < 4.78 is 4.78. The van der Waals surface area contributed by atoms with Crippen LogP contribution in [0.25, 0.3) is 0 Å². The van der Waals surface area contributed by atoms with E-state index >= 15 is 0 Å². The number of esters is 1. The Morgan fingerprint density at radius 1 is 1.45 bits per heavy atom. The molecular formula is C9H14O2. The fourth-order valence-electron chi connectivity index (χ4n) is 0.496. The summed E-state index contributed by atoms with van der Waals surface area (Å²) in [7, 11) is 0. The van der Waals surface area contributed by atoms with Crippen molar-refractivity contribution in [2.24, 2.45) is 0 Å². The Kier molecular flexibility index (Phi) is 6.39. The third kappa shape index (κ3) is 6.84. The maximum Gasteiger partial charge on any atom is 0.330 e. The van der Waals surface area contributed by atoms with Gasteiger partial charge in [0.25, 0.3) is 0 Å². The van der Waals surface area contributed by atoms with Gasteiger partial charge in [0, 0.05) is 6.08 Å². The van der Waals surface area contributed by atoms with Crippen molar-refractivity contribution < 1.29 is 9.53 Å². The van der Waals surface area contributed by atoms with Gasteiger partial charge in [-0.25, -0.2) is 4.79 Å². The lowest BCUT2D eigenvalue weighted by Gasteiger charge is -1.95. The number of allylic oxidation sites excluding steroid dienone is 3. The minimum atomic E-state index is -0.273. The lowest BCUT2D eigenvalue weighted by molar-refractivity contribution is -0.137. The van der Waals surface area contributed by atoms with Crippen LogP contribution in [0.1, 0.15) is 20.3 Å². The van der Waals surface area contributed by atoms with Crippen molar-refractivity contribution in [3.63, 3.8) is 0 Å². The first-order chi connectivity index (χ1) is 5.31. The second kappa shape index (κ2) is 7.06. The summed E-state index contributed by atoms with van der Waals surface area (Å²) in [5.74, 6) is -0.273. The van der Waals surface area contributed by atoms with Crippen LogP contribution in [0.3, 0.4) is 0 Å². The van der Waals surface area contributed by atoms with E-state index in [-0.39, 0.29) is 5.97 Å². The van der Waals surface area contributed by atoms with Gasteiger partial charge in [-0.15, -0.1) is 0 Å². The van der Waals surface area contributed by atoms with Gasteiger partial charge in [-0.3, -0.25) is 0 Å². The van der Waals surface area contributed by atoms with E-state index in [1.165, 1.54) is 6.08 Å². The zero-order valence-corrected chi connectivity index (χ0v) is 7.04. The summed E-state index contributed by atoms with van der Waals surface area (Å²) in [5, 5.41) is 0. The van der Waals surface area contributed by atoms with Crippen LogP contribution in [-0.4, -0.2) is 12.6 Å². The maximum absolute atomic E-state index is 10.7. The second-order valence-corrected chi connectivity index (χ2v) is 2.05. The monoisotopic (exact) mass is 154 g/mol. The molecule has 0 aromatic heterocycles. The lowest BCUT2D eigenvalue weighted by atomic mass is 10.4. The quantitative estimate of drug-likeness (QED) is 0.352. The Labute approximate surface area is 67.6 Å². The van der Waals surface area contributed by atoms with E-state index in [9.17, 15) is 4.79 Å². The van der Waals surface area contributed by atoms with Gasteiger partial charge < -0.3 is 4.74 Å². The lowest BCUT2D eigenvalue weighted by Crippen LogP contribution is -2.00. The van der Waals surface area contributed by atoms with Gasteiger partial charge in [0.15, 0.2) is 0 Å². The van der Waals surface area contributed by atoms with Crippen LogP contribution >= 0.6 is 0 Å². The fraction of sp³-hybridized carbons (Fsp3) is 0.444. The number of carbonyl (C=O) groups excluding carboxylic acids is 1. The Bertz CT molecular complexity index is 157. The highest BCUT2D eigenvalue weighted by Gasteiger charge is 1.91. The molecule has 0 aromatic carbocycles. The molecule has 0 saturated carbocycles. The molecule has 0 atom stereocenters. The number of hydrogen-bond acceptors (Lipinski definition) is 2. The minimum absolute atomic E-state index is 0.273. The van der Waals surface area contributed by atoms with E-state index in [0.717, 1.165) is 6.42 Å². The molecule has 0 spiro atoms. The SMILES string of the molecule is CC=CC=CC(=O)OCCC. The van der Waals surface area contributed by atoms with Crippen molar-refractivity contribution in [2.45, 2.75) is 20.3 Å². The molecule has 0 rings (SSSR count). The van der Waals surface area contributed by atoms with Gasteiger partial charge in [-0.05, 0) is 13.3 Å². The van der Waals surface area contributed by atoms with Gasteiger partial charge in [-0.2, -0.15) is 0 Å². The third-order valence-corrected chi connectivity index (χ3v) is 0.984. The van der Waals surface area contributed by atoms with Gasteiger partial charge in [0.1, 0.15) is 0 Å². The Balaban J connectivity index is 3.51. The van der Waals surface area contributed by atoms with E-state index in [1.54, 1.807) is 12.2 Å². The van der Waals surface area contributed by atoms with Crippen LogP contribution in [0.2, 0.25) is 0 Å². The van der Waals surface area contributed by atoms with E-state index in [1.807, 2.05) is 19.9 Å². The molecule has 0 aliphatic rings. The first-order valence-corrected chi connectivity index (χ1v) is 3.77. The van der Waals surface area contributed by atoms with Gasteiger partial charge in [0.2, 0.25) is 0 Å². The van der Waals surface area contributed by atoms with Crippen LogP contribution in [0.4, 0.5) is 0 Å². The first kappa shape index (κ1) is 9.95. The number of carbonyl (C=O) groups is 1. The van der Waals surface area contributed by atoms with Gasteiger partial charge in [0.05, 0.1) is 6.61 Å². The predicted molar refractivity (Wildman–Crippen MR) is 45.2 cm³/mol. The summed E-state index contributed by atoms with van der Waals surface area (Å²) in [4.78, 5) is 10.7. The predicted octanol–water partition coefficient (Wildman–Crippen LogP) is 2.07. The normalized spacial score (nSPS) is 11.1. The molecule has 0 heterocycles. The Morgan fingerprint density at radius 2 is 2.18 bits per heavy atom. The second-order valence-electron chi connectivity index (χ2n) is 2.05. The summed E-state index contributed by atoms with van der Waals surface area (Å²) in [6.45, 7) is 4.35. The standard InChI is InChI=1S/C9H14O2/c1-3-5-6-7-9(10)11-8-4-2/h3,5-7H,4,8H2,1-2H3. The largest absolute Gasteiger partial charge is 0.463 e. The molecule has 0 amide bonds. The molecular weight excluding hydrogens is 140 g/mol. The van der Waals surface area contributed by atoms with E-state index < -0.39 is 0 Å². The molecule has 0 bridgehead atoms. The molecule has 11 heavy (non-hydrogen) atoms. The van der Waals surface area contributed by atoms with Crippen molar-refractivity contribution in [1.82, 2.24) is 0 Å². The average molecular weight is 154 g/mol. The average Bonchev–Trinajstić information content (AvgIpc) is 2.01. The molecule has 0 fully saturated rings. The van der Waals surface area contributed by atoms with Gasteiger partial charge in [-0.1, -0.05) is 25.2 Å². The van der Waals surface area contributed by atoms with Crippen molar-refractivity contribution >= 4 is 5.97 Å². The smallest absolute Gasteiger partial charge is 0.330 e. The summed E-state index contributed by atoms with van der Waals surface area (Å²) >= 11 is 0. The zero-order valence-electron chi connectivity index (χ0n) is 7.04. The van der Waals surface area contributed by atoms with Crippen molar-refractivity contribution in [1.29, 1.82) is 0 Å². The molecule has 2 nitrogen and oxygen atoms in total.